The van der Waals surface area contributed by atoms with Crippen LogP contribution in [-0.4, -0.2) is 32.0 Å². The fraction of sp³-hybridized carbons (Fsp3) is 0.423. The van der Waals surface area contributed by atoms with Crippen LogP contribution in [0.15, 0.2) is 57.9 Å². The molecule has 0 spiro atoms. The lowest BCUT2D eigenvalue weighted by Gasteiger charge is -2.12. The highest BCUT2D eigenvalue weighted by atomic mass is 19.3. The number of carbonyl (C=O) groups excluding carboxylic acids is 2. The number of allylic oxidation sites excluding steroid dienone is 1. The van der Waals surface area contributed by atoms with E-state index in [1.165, 1.54) is 19.4 Å². The van der Waals surface area contributed by atoms with Gasteiger partial charge in [-0.25, -0.2) is 18.4 Å². The summed E-state index contributed by atoms with van der Waals surface area (Å²) < 4.78 is 39.3. The van der Waals surface area contributed by atoms with Crippen LogP contribution in [0.5, 0.6) is 5.75 Å². The molecule has 2 rings (SSSR count). The van der Waals surface area contributed by atoms with E-state index in [0.717, 1.165) is 5.56 Å². The number of hydrogen-bond donors (Lipinski definition) is 1. The van der Waals surface area contributed by atoms with Crippen molar-refractivity contribution in [1.82, 2.24) is 5.32 Å². The van der Waals surface area contributed by atoms with Gasteiger partial charge in [0.25, 0.3) is 6.43 Å². The number of carbonyl (C=O) groups is 2. The van der Waals surface area contributed by atoms with Gasteiger partial charge in [-0.2, -0.15) is 0 Å². The smallest absolute Gasteiger partial charge is 0.410 e. The van der Waals surface area contributed by atoms with Crippen molar-refractivity contribution in [2.45, 2.75) is 51.9 Å². The van der Waals surface area contributed by atoms with Crippen LogP contribution in [-0.2, 0) is 11.2 Å². The minimum absolute atomic E-state index is 0.0198. The molecule has 0 fully saturated rings. The van der Waals surface area contributed by atoms with Gasteiger partial charge in [-0.1, -0.05) is 32.1 Å². The molecule has 0 saturated heterocycles. The van der Waals surface area contributed by atoms with Crippen LogP contribution in [0.25, 0.3) is 0 Å². The van der Waals surface area contributed by atoms with Gasteiger partial charge in [-0.05, 0) is 55.5 Å². The Morgan fingerprint density at radius 3 is 2.43 bits per heavy atom. The Kier molecular flexibility index (Phi) is 11.1. The quantitative estimate of drug-likeness (QED) is 0.373. The molecule has 0 saturated carbocycles. The number of benzene rings is 1. The number of nitrogens with one attached hydrogen (secondary N) is 1. The third-order valence-corrected chi connectivity index (χ3v) is 5.48. The first-order valence-electron chi connectivity index (χ1n) is 11.4. The largest absolute Gasteiger partial charge is 0.488 e. The molecule has 0 radical (unpaired) electrons. The number of aryl methyl sites for hydroxylation is 1. The van der Waals surface area contributed by atoms with Crippen LogP contribution in [0.1, 0.15) is 60.7 Å². The average molecular weight is 492 g/mol. The molecule has 2 unspecified atom stereocenters. The lowest BCUT2D eigenvalue weighted by Crippen LogP contribution is -2.21. The topological polar surface area (TPSA) is 94.8 Å². The van der Waals surface area contributed by atoms with Crippen LogP contribution in [0.4, 0.5) is 13.6 Å². The first-order chi connectivity index (χ1) is 16.7. The Morgan fingerprint density at radius 1 is 1.09 bits per heavy atom. The van der Waals surface area contributed by atoms with Gasteiger partial charge >= 0.3 is 11.7 Å². The summed E-state index contributed by atoms with van der Waals surface area (Å²) in [5, 5.41) is 2.43. The van der Waals surface area contributed by atoms with E-state index < -0.39 is 30.7 Å². The average Bonchev–Trinajstić information content (AvgIpc) is 2.85. The molecule has 1 aromatic heterocycles. The number of alkyl halides is 2. The van der Waals surface area contributed by atoms with Crippen LogP contribution in [0.3, 0.4) is 0 Å². The molecule has 9 heteroatoms. The zero-order chi connectivity index (χ0) is 25.8. The Labute approximate surface area is 203 Å². The van der Waals surface area contributed by atoms with Crippen molar-refractivity contribution in [2.75, 3.05) is 13.7 Å². The number of methoxy groups -OCH3 is 1. The van der Waals surface area contributed by atoms with E-state index in [1.54, 1.807) is 43.3 Å². The molecule has 0 aliphatic heterocycles. The lowest BCUT2D eigenvalue weighted by atomic mass is 9.93. The molecule has 1 N–H and O–H groups in total. The van der Waals surface area contributed by atoms with Crippen LogP contribution in [0, 0.1) is 5.92 Å². The van der Waals surface area contributed by atoms with E-state index in [2.05, 4.69) is 10.1 Å². The normalized spacial score (nSPS) is 13.0. The highest BCUT2D eigenvalue weighted by molar-refractivity contribution is 5.97. The summed E-state index contributed by atoms with van der Waals surface area (Å²) in [5.41, 5.74) is 0.294. The maximum absolute atomic E-state index is 12.8. The zero-order valence-electron chi connectivity index (χ0n) is 20.1. The molecular weight excluding hydrogens is 460 g/mol. The molecule has 35 heavy (non-hydrogen) atoms. The third kappa shape index (κ3) is 9.35. The van der Waals surface area contributed by atoms with Crippen molar-refractivity contribution in [3.8, 4) is 5.75 Å². The Hall–Kier alpha value is -3.49. The predicted molar refractivity (Wildman–Crippen MR) is 127 cm³/mol. The van der Waals surface area contributed by atoms with Crippen molar-refractivity contribution < 1.29 is 32.3 Å². The highest BCUT2D eigenvalue weighted by Crippen LogP contribution is 2.21. The molecular formula is C26H31F2NO6. The number of ketones is 1. The summed E-state index contributed by atoms with van der Waals surface area (Å²) in [4.78, 5) is 36.2. The van der Waals surface area contributed by atoms with Crippen LogP contribution in [0.2, 0.25) is 0 Å². The van der Waals surface area contributed by atoms with Crippen molar-refractivity contribution in [1.29, 1.82) is 0 Å². The summed E-state index contributed by atoms with van der Waals surface area (Å²) in [5.74, 6) is 0.108. The maximum Gasteiger partial charge on any atom is 0.410 e. The van der Waals surface area contributed by atoms with E-state index in [-0.39, 0.29) is 17.3 Å². The van der Waals surface area contributed by atoms with E-state index in [1.807, 2.05) is 6.92 Å². The van der Waals surface area contributed by atoms with Crippen molar-refractivity contribution in [3.63, 3.8) is 0 Å². The summed E-state index contributed by atoms with van der Waals surface area (Å²) in [7, 11) is 1.28. The third-order valence-electron chi connectivity index (χ3n) is 5.48. The van der Waals surface area contributed by atoms with Gasteiger partial charge in [0.1, 0.15) is 23.7 Å². The molecule has 190 valence electrons. The minimum Gasteiger partial charge on any atom is -0.488 e. The minimum atomic E-state index is -2.53. The van der Waals surface area contributed by atoms with E-state index >= 15 is 0 Å². The van der Waals surface area contributed by atoms with Gasteiger partial charge in [0.15, 0.2) is 5.78 Å². The second kappa shape index (κ2) is 14.0. The van der Waals surface area contributed by atoms with Crippen LogP contribution >= 0.6 is 0 Å². The molecule has 1 heterocycles. The number of hydrogen-bond acceptors (Lipinski definition) is 6. The number of ether oxygens (including phenoxy) is 2. The predicted octanol–water partition coefficient (Wildman–Crippen LogP) is 5.49. The lowest BCUT2D eigenvalue weighted by molar-refractivity contribution is 0.0819. The molecule has 0 aliphatic rings. The molecule has 1 aromatic carbocycles. The van der Waals surface area contributed by atoms with Gasteiger partial charge in [0.05, 0.1) is 7.11 Å². The first-order valence-corrected chi connectivity index (χ1v) is 11.4. The number of alkyl carbamates (subject to hydrolysis) is 1. The van der Waals surface area contributed by atoms with Gasteiger partial charge in [0.2, 0.25) is 0 Å². The van der Waals surface area contributed by atoms with Crippen molar-refractivity contribution in [2.24, 2.45) is 5.92 Å². The summed E-state index contributed by atoms with van der Waals surface area (Å²) in [6.45, 7) is 3.01. The number of amides is 1. The molecule has 7 nitrogen and oxygen atoms in total. The maximum atomic E-state index is 12.8. The molecule has 0 aliphatic carbocycles. The zero-order valence-corrected chi connectivity index (χ0v) is 20.1. The van der Waals surface area contributed by atoms with E-state index in [9.17, 15) is 23.2 Å². The Morgan fingerprint density at radius 2 is 1.80 bits per heavy atom. The second-order valence-corrected chi connectivity index (χ2v) is 8.21. The standard InChI is InChI=1S/C26H31F2NO6/c1-17(6-4-5-15-29-26(32)33-3)22-14-13-21(25(31)35-22)24(30)18(2)7-8-19-9-11-20(12-10-19)34-16-23(27)28/h5,9-15,17-18,23H,4,6-8,16H2,1-3H3,(H,29,32)/b15-5+. The Bertz CT molecular complexity index is 1050. The van der Waals surface area contributed by atoms with E-state index in [0.29, 0.717) is 37.2 Å². The summed E-state index contributed by atoms with van der Waals surface area (Å²) in [6.07, 6.45) is 2.60. The number of Topliss-reactive ketones (excluding diaryl/α,β-unsaturated/α-hetero) is 1. The van der Waals surface area contributed by atoms with Gasteiger partial charge < -0.3 is 13.9 Å². The molecule has 0 bridgehead atoms. The van der Waals surface area contributed by atoms with Gasteiger partial charge in [-0.3, -0.25) is 10.1 Å². The summed E-state index contributed by atoms with van der Waals surface area (Å²) in [6, 6.07) is 9.93. The number of rotatable bonds is 13. The first kappa shape index (κ1) is 27.8. The van der Waals surface area contributed by atoms with Crippen molar-refractivity contribution >= 4 is 11.9 Å². The monoisotopic (exact) mass is 491 g/mol. The number of halogens is 2. The molecule has 1 amide bonds. The molecule has 2 atom stereocenters. The SMILES string of the molecule is COC(=O)N/C=C/CCC(C)c1ccc(C(=O)C(C)CCc2ccc(OCC(F)F)cc2)c(=O)o1. The Balaban J connectivity index is 1.87. The summed E-state index contributed by atoms with van der Waals surface area (Å²) >= 11 is 0. The van der Waals surface area contributed by atoms with E-state index in [4.69, 9.17) is 9.15 Å². The fourth-order valence-electron chi connectivity index (χ4n) is 3.33. The highest BCUT2D eigenvalue weighted by Gasteiger charge is 2.20. The fourth-order valence-corrected chi connectivity index (χ4v) is 3.33. The van der Waals surface area contributed by atoms with Crippen LogP contribution < -0.4 is 15.7 Å². The van der Waals surface area contributed by atoms with Crippen molar-refractivity contribution in [3.05, 3.63) is 76.0 Å². The molecule has 2 aromatic rings. The van der Waals surface area contributed by atoms with Gasteiger partial charge in [0, 0.05) is 18.0 Å². The van der Waals surface area contributed by atoms with Gasteiger partial charge in [-0.15, -0.1) is 0 Å². The second-order valence-electron chi connectivity index (χ2n) is 8.21.